The van der Waals surface area contributed by atoms with E-state index in [1.807, 2.05) is 17.5 Å². The smallest absolute Gasteiger partial charge is 0.433 e. The summed E-state index contributed by atoms with van der Waals surface area (Å²) in [6, 6.07) is 9.22. The summed E-state index contributed by atoms with van der Waals surface area (Å²) in [6.07, 6.45) is -3.64. The van der Waals surface area contributed by atoms with Crippen molar-refractivity contribution in [3.63, 3.8) is 0 Å². The molecule has 0 aliphatic heterocycles. The second-order valence-corrected chi connectivity index (χ2v) is 7.68. The van der Waals surface area contributed by atoms with Crippen molar-refractivity contribution in [3.8, 4) is 22.8 Å². The molecule has 0 aliphatic rings. The van der Waals surface area contributed by atoms with Crippen molar-refractivity contribution in [2.75, 3.05) is 14.2 Å². The van der Waals surface area contributed by atoms with Crippen molar-refractivity contribution >= 4 is 22.9 Å². The minimum absolute atomic E-state index is 0.0126. The summed E-state index contributed by atoms with van der Waals surface area (Å²) in [6.45, 7) is 0.245. The molecule has 11 heteroatoms. The van der Waals surface area contributed by atoms with Crippen molar-refractivity contribution < 1.29 is 27.4 Å². The summed E-state index contributed by atoms with van der Waals surface area (Å²) >= 11 is 1.46. The molecular formula is C21H17F3N4O3S. The number of carbonyl (C=O) groups is 1. The highest BCUT2D eigenvalue weighted by Gasteiger charge is 2.36. The normalized spacial score (nSPS) is 11.5. The summed E-state index contributed by atoms with van der Waals surface area (Å²) in [4.78, 5) is 17.9. The number of benzene rings is 1. The van der Waals surface area contributed by atoms with Crippen LogP contribution in [0.2, 0.25) is 0 Å². The van der Waals surface area contributed by atoms with Gasteiger partial charge in [0.05, 0.1) is 32.7 Å². The van der Waals surface area contributed by atoms with E-state index in [1.54, 1.807) is 12.1 Å². The SMILES string of the molecule is COc1ccc(-c2cc(C(F)(F)F)n3ncc(C(=O)NCc4cccs4)c3n2)cc1OC. The van der Waals surface area contributed by atoms with E-state index in [0.29, 0.717) is 21.6 Å². The maximum absolute atomic E-state index is 13.8. The van der Waals surface area contributed by atoms with Gasteiger partial charge in [-0.05, 0) is 35.7 Å². The third-order valence-electron chi connectivity index (χ3n) is 4.69. The Morgan fingerprint density at radius 3 is 2.59 bits per heavy atom. The standard InChI is InChI=1S/C21H17F3N4O3S/c1-30-16-6-5-12(8-17(16)31-2)15-9-18(21(22,23)24)28-19(27-15)14(11-26-28)20(29)25-10-13-4-3-7-32-13/h3-9,11H,10H2,1-2H3,(H,25,29). The minimum atomic E-state index is -4.72. The van der Waals surface area contributed by atoms with Gasteiger partial charge in [-0.3, -0.25) is 4.79 Å². The average Bonchev–Trinajstić information content (AvgIpc) is 3.45. The Morgan fingerprint density at radius 1 is 1.16 bits per heavy atom. The fourth-order valence-electron chi connectivity index (χ4n) is 3.14. The number of alkyl halides is 3. The zero-order valence-electron chi connectivity index (χ0n) is 16.9. The molecule has 3 heterocycles. The molecule has 0 saturated heterocycles. The predicted molar refractivity (Wildman–Crippen MR) is 112 cm³/mol. The average molecular weight is 462 g/mol. The lowest BCUT2D eigenvalue weighted by atomic mass is 10.1. The first-order valence-corrected chi connectivity index (χ1v) is 10.2. The summed E-state index contributed by atoms with van der Waals surface area (Å²) in [7, 11) is 2.88. The van der Waals surface area contributed by atoms with Gasteiger partial charge in [-0.15, -0.1) is 11.3 Å². The van der Waals surface area contributed by atoms with Crippen molar-refractivity contribution in [3.05, 3.63) is 64.1 Å². The van der Waals surface area contributed by atoms with Gasteiger partial charge < -0.3 is 14.8 Å². The minimum Gasteiger partial charge on any atom is -0.493 e. The first-order chi connectivity index (χ1) is 15.3. The fourth-order valence-corrected chi connectivity index (χ4v) is 3.79. The van der Waals surface area contributed by atoms with Gasteiger partial charge in [-0.1, -0.05) is 6.07 Å². The lowest BCUT2D eigenvalue weighted by molar-refractivity contribution is -0.142. The summed E-state index contributed by atoms with van der Waals surface area (Å²) < 4.78 is 52.4. The Morgan fingerprint density at radius 2 is 1.94 bits per heavy atom. The number of methoxy groups -OCH3 is 2. The topological polar surface area (TPSA) is 77.8 Å². The van der Waals surface area contributed by atoms with E-state index < -0.39 is 17.8 Å². The number of nitrogens with one attached hydrogen (secondary N) is 1. The van der Waals surface area contributed by atoms with E-state index >= 15 is 0 Å². The van der Waals surface area contributed by atoms with Crippen molar-refractivity contribution in [2.24, 2.45) is 0 Å². The molecule has 0 spiro atoms. The third kappa shape index (κ3) is 4.11. The van der Waals surface area contributed by atoms with E-state index in [4.69, 9.17) is 9.47 Å². The number of amides is 1. The molecule has 0 radical (unpaired) electrons. The number of carbonyl (C=O) groups excluding carboxylic acids is 1. The van der Waals surface area contributed by atoms with Gasteiger partial charge in [-0.25, -0.2) is 9.50 Å². The number of halogens is 3. The number of rotatable bonds is 6. The number of nitrogens with zero attached hydrogens (tertiary/aromatic N) is 3. The molecule has 1 N–H and O–H groups in total. The zero-order chi connectivity index (χ0) is 22.9. The van der Waals surface area contributed by atoms with E-state index in [0.717, 1.165) is 17.1 Å². The molecule has 1 aromatic carbocycles. The number of hydrogen-bond donors (Lipinski definition) is 1. The highest BCUT2D eigenvalue weighted by Crippen LogP contribution is 2.35. The quantitative estimate of drug-likeness (QED) is 0.459. The van der Waals surface area contributed by atoms with E-state index in [-0.39, 0.29) is 23.4 Å². The first kappa shape index (κ1) is 21.6. The Balaban J connectivity index is 1.81. The van der Waals surface area contributed by atoms with Crippen LogP contribution in [-0.2, 0) is 12.7 Å². The number of aromatic nitrogens is 3. The molecular weight excluding hydrogens is 445 g/mol. The first-order valence-electron chi connectivity index (χ1n) is 9.30. The van der Waals surface area contributed by atoms with Crippen LogP contribution >= 0.6 is 11.3 Å². The van der Waals surface area contributed by atoms with Gasteiger partial charge in [-0.2, -0.15) is 18.3 Å². The third-order valence-corrected chi connectivity index (χ3v) is 5.57. The van der Waals surface area contributed by atoms with Crippen LogP contribution in [0.1, 0.15) is 20.9 Å². The fraction of sp³-hybridized carbons (Fsp3) is 0.190. The van der Waals surface area contributed by atoms with E-state index in [2.05, 4.69) is 15.4 Å². The van der Waals surface area contributed by atoms with Crippen molar-refractivity contribution in [1.82, 2.24) is 19.9 Å². The van der Waals surface area contributed by atoms with Crippen LogP contribution in [0.4, 0.5) is 13.2 Å². The van der Waals surface area contributed by atoms with Crippen LogP contribution in [0.3, 0.4) is 0 Å². The van der Waals surface area contributed by atoms with Gasteiger partial charge in [0.1, 0.15) is 5.56 Å². The Bertz CT molecular complexity index is 1270. The van der Waals surface area contributed by atoms with Crippen LogP contribution in [-0.4, -0.2) is 34.7 Å². The molecule has 0 aliphatic carbocycles. The molecule has 3 aromatic heterocycles. The number of thiophene rings is 1. The predicted octanol–water partition coefficient (Wildman–Crippen LogP) is 4.42. The van der Waals surface area contributed by atoms with Crippen LogP contribution in [0.5, 0.6) is 11.5 Å². The van der Waals surface area contributed by atoms with Crippen LogP contribution < -0.4 is 14.8 Å². The molecule has 0 saturated carbocycles. The molecule has 4 aromatic rings. The lowest BCUT2D eigenvalue weighted by Gasteiger charge is -2.13. The lowest BCUT2D eigenvalue weighted by Crippen LogP contribution is -2.22. The Labute approximate surface area is 184 Å². The zero-order valence-corrected chi connectivity index (χ0v) is 17.8. The van der Waals surface area contributed by atoms with Crippen LogP contribution in [0.15, 0.2) is 48.0 Å². The summed E-state index contributed by atoms with van der Waals surface area (Å²) in [5.74, 6) is 0.188. The van der Waals surface area contributed by atoms with Crippen molar-refractivity contribution in [2.45, 2.75) is 12.7 Å². The second kappa shape index (κ2) is 8.50. The van der Waals surface area contributed by atoms with Gasteiger partial charge in [0.25, 0.3) is 5.91 Å². The van der Waals surface area contributed by atoms with Gasteiger partial charge in [0.2, 0.25) is 0 Å². The highest BCUT2D eigenvalue weighted by atomic mass is 32.1. The number of fused-ring (bicyclic) bond motifs is 1. The monoisotopic (exact) mass is 462 g/mol. The Kier molecular flexibility index (Phi) is 5.74. The maximum atomic E-state index is 13.8. The molecule has 0 fully saturated rings. The van der Waals surface area contributed by atoms with Crippen LogP contribution in [0.25, 0.3) is 16.9 Å². The Hall–Kier alpha value is -3.60. The van der Waals surface area contributed by atoms with Gasteiger partial charge in [0.15, 0.2) is 22.8 Å². The van der Waals surface area contributed by atoms with E-state index in [1.165, 1.54) is 31.6 Å². The van der Waals surface area contributed by atoms with Gasteiger partial charge in [0, 0.05) is 10.4 Å². The molecule has 0 unspecified atom stereocenters. The summed E-state index contributed by atoms with van der Waals surface area (Å²) in [5.41, 5.74) is -0.937. The molecule has 32 heavy (non-hydrogen) atoms. The maximum Gasteiger partial charge on any atom is 0.433 e. The number of ether oxygens (including phenoxy) is 2. The second-order valence-electron chi connectivity index (χ2n) is 6.65. The molecule has 166 valence electrons. The highest BCUT2D eigenvalue weighted by molar-refractivity contribution is 7.09. The molecule has 1 amide bonds. The van der Waals surface area contributed by atoms with Crippen molar-refractivity contribution in [1.29, 1.82) is 0 Å². The number of hydrogen-bond acceptors (Lipinski definition) is 6. The molecule has 0 atom stereocenters. The largest absolute Gasteiger partial charge is 0.493 e. The molecule has 4 rings (SSSR count). The molecule has 7 nitrogen and oxygen atoms in total. The van der Waals surface area contributed by atoms with E-state index in [9.17, 15) is 18.0 Å². The van der Waals surface area contributed by atoms with Crippen LogP contribution in [0, 0.1) is 0 Å². The molecule has 0 bridgehead atoms. The van der Waals surface area contributed by atoms with Gasteiger partial charge >= 0.3 is 6.18 Å². The summed E-state index contributed by atoms with van der Waals surface area (Å²) in [5, 5.41) is 8.33.